The summed E-state index contributed by atoms with van der Waals surface area (Å²) in [6.07, 6.45) is 5.53. The summed E-state index contributed by atoms with van der Waals surface area (Å²) in [5, 5.41) is 14.6. The summed E-state index contributed by atoms with van der Waals surface area (Å²) in [5.74, 6) is 1.18. The third-order valence-electron chi connectivity index (χ3n) is 4.72. The zero-order valence-electron chi connectivity index (χ0n) is 15.3. The van der Waals surface area contributed by atoms with Gasteiger partial charge in [-0.3, -0.25) is 0 Å². The Morgan fingerprint density at radius 2 is 1.67 bits per heavy atom. The SMILES string of the molecule is c1ccc(CNc2cnnc(Nc3ccc(N4CCCCC4)cc3)n2)cc1. The molecule has 6 heteroatoms. The Morgan fingerprint density at radius 1 is 0.889 bits per heavy atom. The number of hydrogen-bond donors (Lipinski definition) is 2. The molecule has 0 bridgehead atoms. The van der Waals surface area contributed by atoms with Crippen LogP contribution >= 0.6 is 0 Å². The predicted molar refractivity (Wildman–Crippen MR) is 109 cm³/mol. The molecule has 1 aliphatic rings. The molecular weight excluding hydrogens is 336 g/mol. The van der Waals surface area contributed by atoms with Gasteiger partial charge in [-0.15, -0.1) is 5.10 Å². The van der Waals surface area contributed by atoms with Crippen molar-refractivity contribution in [3.63, 3.8) is 0 Å². The van der Waals surface area contributed by atoms with Gasteiger partial charge < -0.3 is 15.5 Å². The maximum Gasteiger partial charge on any atom is 0.249 e. The zero-order chi connectivity index (χ0) is 18.3. The fourth-order valence-corrected chi connectivity index (χ4v) is 3.27. The zero-order valence-corrected chi connectivity index (χ0v) is 15.3. The lowest BCUT2D eigenvalue weighted by Crippen LogP contribution is -2.29. The summed E-state index contributed by atoms with van der Waals surface area (Å²) in [5.41, 5.74) is 3.43. The highest BCUT2D eigenvalue weighted by molar-refractivity contribution is 5.59. The molecule has 3 aromatic rings. The maximum absolute atomic E-state index is 4.49. The number of aromatic nitrogens is 3. The minimum absolute atomic E-state index is 0.485. The number of benzene rings is 2. The Hall–Kier alpha value is -3.15. The number of hydrogen-bond acceptors (Lipinski definition) is 6. The second-order valence-corrected chi connectivity index (χ2v) is 6.72. The fraction of sp³-hybridized carbons (Fsp3) is 0.286. The molecule has 1 fully saturated rings. The summed E-state index contributed by atoms with van der Waals surface area (Å²) in [4.78, 5) is 6.93. The largest absolute Gasteiger partial charge is 0.372 e. The molecule has 0 unspecified atom stereocenters. The monoisotopic (exact) mass is 360 g/mol. The third kappa shape index (κ3) is 4.73. The minimum Gasteiger partial charge on any atom is -0.372 e. The average molecular weight is 360 g/mol. The molecule has 0 saturated carbocycles. The maximum atomic E-state index is 4.49. The van der Waals surface area contributed by atoms with Crippen molar-refractivity contribution in [2.45, 2.75) is 25.8 Å². The lowest BCUT2D eigenvalue weighted by Gasteiger charge is -2.28. The van der Waals surface area contributed by atoms with E-state index in [9.17, 15) is 0 Å². The second-order valence-electron chi connectivity index (χ2n) is 6.72. The van der Waals surface area contributed by atoms with E-state index in [1.165, 1.54) is 30.5 Å². The smallest absolute Gasteiger partial charge is 0.249 e. The average Bonchev–Trinajstić information content (AvgIpc) is 2.75. The van der Waals surface area contributed by atoms with E-state index >= 15 is 0 Å². The Labute approximate surface area is 159 Å². The van der Waals surface area contributed by atoms with Gasteiger partial charge in [-0.2, -0.15) is 10.1 Å². The Bertz CT molecular complexity index is 844. The van der Waals surface area contributed by atoms with E-state index in [2.05, 4.69) is 67.1 Å². The number of nitrogens with zero attached hydrogens (tertiary/aromatic N) is 4. The van der Waals surface area contributed by atoms with Crippen LogP contribution in [0.5, 0.6) is 0 Å². The van der Waals surface area contributed by atoms with Gasteiger partial charge in [-0.25, -0.2) is 0 Å². The van der Waals surface area contributed by atoms with Crippen molar-refractivity contribution in [1.29, 1.82) is 0 Å². The molecule has 0 amide bonds. The van der Waals surface area contributed by atoms with Crippen molar-refractivity contribution in [2.24, 2.45) is 0 Å². The Balaban J connectivity index is 1.37. The predicted octanol–water partition coefficient (Wildman–Crippen LogP) is 4.22. The molecular formula is C21H24N6. The normalized spacial score (nSPS) is 14.0. The summed E-state index contributed by atoms with van der Waals surface area (Å²) < 4.78 is 0. The van der Waals surface area contributed by atoms with Crippen LogP contribution in [0.4, 0.5) is 23.1 Å². The number of rotatable bonds is 6. The molecule has 0 aliphatic carbocycles. The van der Waals surface area contributed by atoms with E-state index in [4.69, 9.17) is 0 Å². The van der Waals surface area contributed by atoms with Gasteiger partial charge >= 0.3 is 0 Å². The lowest BCUT2D eigenvalue weighted by atomic mass is 10.1. The molecule has 2 N–H and O–H groups in total. The first-order chi connectivity index (χ1) is 13.4. The van der Waals surface area contributed by atoms with Crippen LogP contribution < -0.4 is 15.5 Å². The molecule has 27 heavy (non-hydrogen) atoms. The molecule has 6 nitrogen and oxygen atoms in total. The molecule has 2 heterocycles. The van der Waals surface area contributed by atoms with Gasteiger partial charge in [0.15, 0.2) is 5.82 Å². The van der Waals surface area contributed by atoms with Gasteiger partial charge in [-0.1, -0.05) is 30.3 Å². The van der Waals surface area contributed by atoms with Crippen molar-refractivity contribution < 1.29 is 0 Å². The quantitative estimate of drug-likeness (QED) is 0.686. The summed E-state index contributed by atoms with van der Waals surface area (Å²) in [6.45, 7) is 2.99. The molecule has 2 aromatic carbocycles. The van der Waals surface area contributed by atoms with Crippen LogP contribution in [0.15, 0.2) is 60.8 Å². The van der Waals surface area contributed by atoms with Crippen molar-refractivity contribution in [3.8, 4) is 0 Å². The second kappa shape index (κ2) is 8.49. The molecule has 1 saturated heterocycles. The van der Waals surface area contributed by atoms with Crippen molar-refractivity contribution in [2.75, 3.05) is 28.6 Å². The van der Waals surface area contributed by atoms with Crippen molar-refractivity contribution in [3.05, 3.63) is 66.4 Å². The van der Waals surface area contributed by atoms with Crippen LogP contribution in [0, 0.1) is 0 Å². The van der Waals surface area contributed by atoms with E-state index in [-0.39, 0.29) is 0 Å². The molecule has 4 rings (SSSR count). The minimum atomic E-state index is 0.485. The first-order valence-electron chi connectivity index (χ1n) is 9.46. The van der Waals surface area contributed by atoms with Crippen LogP contribution in [0.3, 0.4) is 0 Å². The van der Waals surface area contributed by atoms with Gasteiger partial charge in [0.05, 0.1) is 6.20 Å². The van der Waals surface area contributed by atoms with Crippen LogP contribution in [-0.4, -0.2) is 28.3 Å². The number of piperidine rings is 1. The van der Waals surface area contributed by atoms with Gasteiger partial charge in [0.1, 0.15) is 0 Å². The summed E-state index contributed by atoms with van der Waals surface area (Å²) >= 11 is 0. The third-order valence-corrected chi connectivity index (χ3v) is 4.72. The summed E-state index contributed by atoms with van der Waals surface area (Å²) in [6, 6.07) is 18.6. The van der Waals surface area contributed by atoms with Gasteiger partial charge in [0.2, 0.25) is 5.95 Å². The number of nitrogens with one attached hydrogen (secondary N) is 2. The van der Waals surface area contributed by atoms with Gasteiger partial charge in [0, 0.05) is 31.0 Å². The van der Waals surface area contributed by atoms with Crippen molar-refractivity contribution >= 4 is 23.1 Å². The first-order valence-corrected chi connectivity index (χ1v) is 9.46. The molecule has 0 spiro atoms. The van der Waals surface area contributed by atoms with E-state index < -0.39 is 0 Å². The van der Waals surface area contributed by atoms with E-state index in [1.54, 1.807) is 6.20 Å². The molecule has 138 valence electrons. The highest BCUT2D eigenvalue weighted by Gasteiger charge is 2.10. The van der Waals surface area contributed by atoms with Crippen LogP contribution in [0.2, 0.25) is 0 Å². The van der Waals surface area contributed by atoms with Crippen molar-refractivity contribution in [1.82, 2.24) is 15.2 Å². The van der Waals surface area contributed by atoms with E-state index in [0.717, 1.165) is 18.8 Å². The van der Waals surface area contributed by atoms with Crippen LogP contribution in [0.25, 0.3) is 0 Å². The molecule has 1 aliphatic heterocycles. The molecule has 0 atom stereocenters. The lowest BCUT2D eigenvalue weighted by molar-refractivity contribution is 0.578. The molecule has 0 radical (unpaired) electrons. The highest BCUT2D eigenvalue weighted by Crippen LogP contribution is 2.23. The van der Waals surface area contributed by atoms with Crippen LogP contribution in [-0.2, 0) is 6.54 Å². The highest BCUT2D eigenvalue weighted by atomic mass is 15.3. The van der Waals surface area contributed by atoms with E-state index in [0.29, 0.717) is 18.3 Å². The van der Waals surface area contributed by atoms with Crippen LogP contribution in [0.1, 0.15) is 24.8 Å². The number of anilines is 4. The van der Waals surface area contributed by atoms with E-state index in [1.807, 2.05) is 18.2 Å². The first kappa shape index (κ1) is 17.3. The Morgan fingerprint density at radius 3 is 2.44 bits per heavy atom. The topological polar surface area (TPSA) is 66.0 Å². The Kier molecular flexibility index (Phi) is 5.43. The van der Waals surface area contributed by atoms with Gasteiger partial charge in [0.25, 0.3) is 0 Å². The molecule has 1 aromatic heterocycles. The standard InChI is InChI=1S/C21H24N6/c1-3-7-17(8-4-1)15-22-20-16-23-26-21(25-20)24-18-9-11-19(12-10-18)27-13-5-2-6-14-27/h1,3-4,7-12,16H,2,5-6,13-15H2,(H2,22,24,25,26). The summed E-state index contributed by atoms with van der Waals surface area (Å²) in [7, 11) is 0. The fourth-order valence-electron chi connectivity index (χ4n) is 3.27. The van der Waals surface area contributed by atoms with Gasteiger partial charge in [-0.05, 0) is 49.1 Å².